The summed E-state index contributed by atoms with van der Waals surface area (Å²) in [6.07, 6.45) is 2.99. The number of fused-ring (bicyclic) bond motifs is 1. The maximum atomic E-state index is 11.6. The molecule has 0 aliphatic rings. The van der Waals surface area contributed by atoms with Gasteiger partial charge in [-0.25, -0.2) is 8.42 Å². The van der Waals surface area contributed by atoms with Crippen molar-refractivity contribution in [2.75, 3.05) is 18.6 Å². The van der Waals surface area contributed by atoms with Gasteiger partial charge in [-0.3, -0.25) is 4.98 Å². The smallest absolute Gasteiger partial charge is 0.149 e. The summed E-state index contributed by atoms with van der Waals surface area (Å²) >= 11 is 0. The summed E-state index contributed by atoms with van der Waals surface area (Å²) in [6, 6.07) is 9.49. The largest absolute Gasteiger partial charge is 0.309 e. The van der Waals surface area contributed by atoms with Crippen LogP contribution < -0.4 is 5.32 Å². The Labute approximate surface area is 113 Å². The van der Waals surface area contributed by atoms with Gasteiger partial charge < -0.3 is 5.32 Å². The molecular formula is C14H18N2O2S. The van der Waals surface area contributed by atoms with E-state index in [0.29, 0.717) is 6.54 Å². The van der Waals surface area contributed by atoms with Crippen LogP contribution in [-0.2, 0) is 9.84 Å². The SMILES string of the molecule is CCNC(CS(C)(=O)=O)c1cccc2cccnc12. The average Bonchev–Trinajstić information content (AvgIpc) is 2.36. The number of rotatable bonds is 5. The lowest BCUT2D eigenvalue weighted by Gasteiger charge is -2.18. The third kappa shape index (κ3) is 3.52. The summed E-state index contributed by atoms with van der Waals surface area (Å²) in [5.41, 5.74) is 1.80. The molecule has 0 amide bonds. The van der Waals surface area contributed by atoms with Crippen molar-refractivity contribution in [3.05, 3.63) is 42.1 Å². The Bertz CT molecular complexity index is 663. The van der Waals surface area contributed by atoms with Gasteiger partial charge in [0.25, 0.3) is 0 Å². The van der Waals surface area contributed by atoms with Gasteiger partial charge in [-0.2, -0.15) is 0 Å². The highest BCUT2D eigenvalue weighted by atomic mass is 32.2. The summed E-state index contributed by atoms with van der Waals surface area (Å²) in [4.78, 5) is 4.38. The second kappa shape index (κ2) is 5.67. The van der Waals surface area contributed by atoms with Crippen molar-refractivity contribution < 1.29 is 8.42 Å². The number of benzene rings is 1. The molecule has 0 aliphatic heterocycles. The molecule has 5 heteroatoms. The third-order valence-electron chi connectivity index (χ3n) is 2.96. The second-order valence-corrected chi connectivity index (χ2v) is 6.81. The predicted octanol–water partition coefficient (Wildman–Crippen LogP) is 1.93. The second-order valence-electron chi connectivity index (χ2n) is 4.63. The van der Waals surface area contributed by atoms with Crippen molar-refractivity contribution in [1.29, 1.82) is 0 Å². The summed E-state index contributed by atoms with van der Waals surface area (Å²) in [5.74, 6) is 0.0799. The minimum atomic E-state index is -3.05. The Balaban J connectivity index is 2.49. The zero-order valence-electron chi connectivity index (χ0n) is 11.1. The van der Waals surface area contributed by atoms with Gasteiger partial charge in [0.15, 0.2) is 0 Å². The van der Waals surface area contributed by atoms with Crippen LogP contribution in [0.25, 0.3) is 10.9 Å². The van der Waals surface area contributed by atoms with Crippen molar-refractivity contribution in [1.82, 2.24) is 10.3 Å². The fraction of sp³-hybridized carbons (Fsp3) is 0.357. The van der Waals surface area contributed by atoms with Crippen LogP contribution in [-0.4, -0.2) is 32.0 Å². The normalized spacial score (nSPS) is 13.6. The van der Waals surface area contributed by atoms with Gasteiger partial charge in [-0.1, -0.05) is 31.2 Å². The molecule has 2 rings (SSSR count). The van der Waals surface area contributed by atoms with E-state index >= 15 is 0 Å². The van der Waals surface area contributed by atoms with Crippen LogP contribution >= 0.6 is 0 Å². The lowest BCUT2D eigenvalue weighted by molar-refractivity contribution is 0.564. The van der Waals surface area contributed by atoms with E-state index in [1.807, 2.05) is 37.3 Å². The molecule has 0 aliphatic carbocycles. The summed E-state index contributed by atoms with van der Waals surface area (Å²) in [7, 11) is -3.05. The molecule has 0 bridgehead atoms. The van der Waals surface area contributed by atoms with Crippen molar-refractivity contribution in [2.45, 2.75) is 13.0 Å². The van der Waals surface area contributed by atoms with Crippen LogP contribution in [0.4, 0.5) is 0 Å². The molecule has 1 unspecified atom stereocenters. The van der Waals surface area contributed by atoms with Gasteiger partial charge in [0.2, 0.25) is 0 Å². The van der Waals surface area contributed by atoms with Crippen molar-refractivity contribution in [2.24, 2.45) is 0 Å². The van der Waals surface area contributed by atoms with Gasteiger partial charge in [-0.15, -0.1) is 0 Å². The summed E-state index contributed by atoms with van der Waals surface area (Å²) in [5, 5.41) is 4.25. The molecule has 4 nitrogen and oxygen atoms in total. The van der Waals surface area contributed by atoms with E-state index in [4.69, 9.17) is 0 Å². The maximum absolute atomic E-state index is 11.6. The van der Waals surface area contributed by atoms with E-state index in [-0.39, 0.29) is 11.8 Å². The van der Waals surface area contributed by atoms with Gasteiger partial charge in [0.05, 0.1) is 11.3 Å². The summed E-state index contributed by atoms with van der Waals surface area (Å²) < 4.78 is 23.1. The Kier molecular flexibility index (Phi) is 4.17. The number of nitrogens with zero attached hydrogens (tertiary/aromatic N) is 1. The van der Waals surface area contributed by atoms with E-state index in [2.05, 4.69) is 10.3 Å². The van der Waals surface area contributed by atoms with Crippen molar-refractivity contribution >= 4 is 20.7 Å². The van der Waals surface area contributed by atoms with E-state index in [1.165, 1.54) is 6.26 Å². The van der Waals surface area contributed by atoms with Crippen LogP contribution in [0.1, 0.15) is 18.5 Å². The average molecular weight is 278 g/mol. The minimum Gasteiger partial charge on any atom is -0.309 e. The Morgan fingerprint density at radius 3 is 2.68 bits per heavy atom. The Morgan fingerprint density at radius 2 is 2.00 bits per heavy atom. The van der Waals surface area contributed by atoms with Crippen LogP contribution in [0.2, 0.25) is 0 Å². The zero-order chi connectivity index (χ0) is 13.9. The first-order valence-electron chi connectivity index (χ1n) is 6.26. The lowest BCUT2D eigenvalue weighted by atomic mass is 10.0. The van der Waals surface area contributed by atoms with Crippen molar-refractivity contribution in [3.8, 4) is 0 Å². The molecule has 19 heavy (non-hydrogen) atoms. The van der Waals surface area contributed by atoms with Crippen LogP contribution in [0.15, 0.2) is 36.5 Å². The fourth-order valence-corrected chi connectivity index (χ4v) is 3.12. The highest BCUT2D eigenvalue weighted by Gasteiger charge is 2.18. The van der Waals surface area contributed by atoms with E-state index in [1.54, 1.807) is 6.20 Å². The van der Waals surface area contributed by atoms with Gasteiger partial charge >= 0.3 is 0 Å². The van der Waals surface area contributed by atoms with E-state index in [9.17, 15) is 8.42 Å². The highest BCUT2D eigenvalue weighted by Crippen LogP contribution is 2.23. The molecule has 1 atom stereocenters. The maximum Gasteiger partial charge on any atom is 0.149 e. The van der Waals surface area contributed by atoms with E-state index < -0.39 is 9.84 Å². The van der Waals surface area contributed by atoms with Gasteiger partial charge in [-0.05, 0) is 18.2 Å². The fourth-order valence-electron chi connectivity index (χ4n) is 2.22. The van der Waals surface area contributed by atoms with Crippen LogP contribution in [0.5, 0.6) is 0 Å². The predicted molar refractivity (Wildman–Crippen MR) is 77.9 cm³/mol. The number of hydrogen-bond donors (Lipinski definition) is 1. The standard InChI is InChI=1S/C14H18N2O2S/c1-3-15-13(10-19(2,17)18)12-8-4-6-11-7-5-9-16-14(11)12/h4-9,13,15H,3,10H2,1-2H3. The molecule has 1 heterocycles. The Hall–Kier alpha value is -1.46. The highest BCUT2D eigenvalue weighted by molar-refractivity contribution is 7.90. The quantitative estimate of drug-likeness (QED) is 0.908. The topological polar surface area (TPSA) is 59.1 Å². The van der Waals surface area contributed by atoms with Crippen LogP contribution in [0.3, 0.4) is 0 Å². The molecule has 2 aromatic rings. The number of aromatic nitrogens is 1. The number of pyridine rings is 1. The zero-order valence-corrected chi connectivity index (χ0v) is 11.9. The monoisotopic (exact) mass is 278 g/mol. The first-order chi connectivity index (χ1) is 9.01. The first kappa shape index (κ1) is 14.0. The number of nitrogens with one attached hydrogen (secondary N) is 1. The number of sulfone groups is 1. The van der Waals surface area contributed by atoms with Gasteiger partial charge in [0.1, 0.15) is 9.84 Å². The minimum absolute atomic E-state index is 0.0799. The van der Waals surface area contributed by atoms with Crippen molar-refractivity contribution in [3.63, 3.8) is 0 Å². The number of para-hydroxylation sites is 1. The molecule has 0 saturated heterocycles. The molecule has 1 aromatic carbocycles. The molecule has 0 spiro atoms. The van der Waals surface area contributed by atoms with Crippen LogP contribution in [0, 0.1) is 0 Å². The number of hydrogen-bond acceptors (Lipinski definition) is 4. The molecule has 1 aromatic heterocycles. The third-order valence-corrected chi connectivity index (χ3v) is 3.90. The molecule has 0 saturated carbocycles. The molecular weight excluding hydrogens is 260 g/mol. The van der Waals surface area contributed by atoms with E-state index in [0.717, 1.165) is 16.5 Å². The molecule has 1 N–H and O–H groups in total. The molecule has 0 fully saturated rings. The molecule has 0 radical (unpaired) electrons. The lowest BCUT2D eigenvalue weighted by Crippen LogP contribution is -2.28. The first-order valence-corrected chi connectivity index (χ1v) is 8.32. The molecule has 102 valence electrons. The Morgan fingerprint density at radius 1 is 1.26 bits per heavy atom. The summed E-state index contributed by atoms with van der Waals surface area (Å²) in [6.45, 7) is 2.68. The van der Waals surface area contributed by atoms with Gasteiger partial charge in [0, 0.05) is 23.9 Å².